The van der Waals surface area contributed by atoms with E-state index in [0.29, 0.717) is 26.3 Å². The predicted molar refractivity (Wildman–Crippen MR) is 90.1 cm³/mol. The van der Waals surface area contributed by atoms with E-state index in [-0.39, 0.29) is 17.4 Å². The molecule has 1 aromatic heterocycles. The number of hydrogen-bond acceptors (Lipinski definition) is 4. The predicted octanol–water partition coefficient (Wildman–Crippen LogP) is 4.32. The van der Waals surface area contributed by atoms with Gasteiger partial charge in [0.1, 0.15) is 5.03 Å². The van der Waals surface area contributed by atoms with Crippen LogP contribution in [0.4, 0.5) is 5.69 Å². The van der Waals surface area contributed by atoms with Gasteiger partial charge in [-0.15, -0.1) is 0 Å². The van der Waals surface area contributed by atoms with Gasteiger partial charge in [-0.2, -0.15) is 0 Å². The second kappa shape index (κ2) is 7.63. The van der Waals surface area contributed by atoms with Gasteiger partial charge in [0, 0.05) is 23.7 Å². The van der Waals surface area contributed by atoms with Crippen LogP contribution in [0, 0.1) is 0 Å². The number of Topliss-reactive ketones (excluding diaryl/α,β-unsaturated/α-hetero) is 1. The third-order valence-corrected chi connectivity index (χ3v) is 4.22. The molecule has 4 nitrogen and oxygen atoms in total. The van der Waals surface area contributed by atoms with Crippen LogP contribution in [-0.2, 0) is 4.79 Å². The fraction of sp³-hybridized carbons (Fsp3) is 0.133. The summed E-state index contributed by atoms with van der Waals surface area (Å²) >= 11 is 13.1. The van der Waals surface area contributed by atoms with Gasteiger partial charge in [-0.25, -0.2) is 4.98 Å². The molecule has 0 saturated heterocycles. The summed E-state index contributed by atoms with van der Waals surface area (Å²) in [5.41, 5.74) is 0.948. The number of carbonyl (C=O) groups is 2. The van der Waals surface area contributed by atoms with Crippen LogP contribution in [0.1, 0.15) is 17.3 Å². The minimum atomic E-state index is -0.195. The number of aromatic nitrogens is 1. The van der Waals surface area contributed by atoms with E-state index in [2.05, 4.69) is 10.3 Å². The molecule has 1 N–H and O–H groups in total. The van der Waals surface area contributed by atoms with E-state index >= 15 is 0 Å². The molecule has 22 heavy (non-hydrogen) atoms. The summed E-state index contributed by atoms with van der Waals surface area (Å²) in [6.07, 6.45) is 1.60. The minimum absolute atomic E-state index is 0.143. The molecule has 0 aliphatic carbocycles. The largest absolute Gasteiger partial charge is 0.324 e. The van der Waals surface area contributed by atoms with Crippen LogP contribution >= 0.6 is 35.0 Å². The molecule has 7 heteroatoms. The molecule has 1 heterocycles. The maximum atomic E-state index is 12.2. The lowest BCUT2D eigenvalue weighted by Crippen LogP contribution is -2.08. The van der Waals surface area contributed by atoms with Crippen LogP contribution in [0.25, 0.3) is 0 Å². The molecule has 0 radical (unpaired) electrons. The third kappa shape index (κ3) is 4.47. The monoisotopic (exact) mass is 354 g/mol. The summed E-state index contributed by atoms with van der Waals surface area (Å²) in [5, 5.41) is 4.06. The van der Waals surface area contributed by atoms with Crippen LogP contribution in [0.5, 0.6) is 0 Å². The number of hydrogen-bond donors (Lipinski definition) is 1. The molecule has 1 amide bonds. The molecule has 0 atom stereocenters. The second-order valence-corrected chi connectivity index (χ2v) is 6.18. The number of nitrogens with zero attached hydrogens (tertiary/aromatic N) is 1. The van der Waals surface area contributed by atoms with E-state index in [9.17, 15) is 9.59 Å². The molecule has 0 aliphatic rings. The molecule has 0 bridgehead atoms. The van der Waals surface area contributed by atoms with Crippen molar-refractivity contribution in [1.82, 2.24) is 4.98 Å². The van der Waals surface area contributed by atoms with Gasteiger partial charge in [0.15, 0.2) is 5.78 Å². The number of halogens is 2. The fourth-order valence-corrected chi connectivity index (χ4v) is 2.94. The number of anilines is 1. The first-order chi connectivity index (χ1) is 10.5. The molecular formula is C15H12Cl2N2O2S. The summed E-state index contributed by atoms with van der Waals surface area (Å²) < 4.78 is 0. The summed E-state index contributed by atoms with van der Waals surface area (Å²) in [5.74, 6) is -0.208. The molecule has 2 aromatic rings. The van der Waals surface area contributed by atoms with Gasteiger partial charge in [-0.1, -0.05) is 35.0 Å². The van der Waals surface area contributed by atoms with E-state index in [4.69, 9.17) is 23.2 Å². The molecule has 0 fully saturated rings. The molecular weight excluding hydrogens is 343 g/mol. The van der Waals surface area contributed by atoms with E-state index in [1.807, 2.05) is 0 Å². The van der Waals surface area contributed by atoms with Gasteiger partial charge >= 0.3 is 0 Å². The van der Waals surface area contributed by atoms with Crippen molar-refractivity contribution in [3.63, 3.8) is 0 Å². The van der Waals surface area contributed by atoms with Crippen molar-refractivity contribution in [1.29, 1.82) is 0 Å². The zero-order valence-corrected chi connectivity index (χ0v) is 13.9. The lowest BCUT2D eigenvalue weighted by molar-refractivity contribution is -0.114. The third-order valence-electron chi connectivity index (χ3n) is 2.65. The number of carbonyl (C=O) groups excluding carboxylic acids is 2. The van der Waals surface area contributed by atoms with Crippen molar-refractivity contribution in [2.24, 2.45) is 0 Å². The smallest absolute Gasteiger partial charge is 0.221 e. The van der Waals surface area contributed by atoms with Gasteiger partial charge in [0.2, 0.25) is 5.91 Å². The normalized spacial score (nSPS) is 10.3. The number of pyridine rings is 1. The van der Waals surface area contributed by atoms with Gasteiger partial charge in [0.25, 0.3) is 0 Å². The number of ketones is 1. The van der Waals surface area contributed by atoms with Crippen LogP contribution in [0.15, 0.2) is 41.6 Å². The average molecular weight is 355 g/mol. The van der Waals surface area contributed by atoms with Crippen molar-refractivity contribution < 1.29 is 9.59 Å². The standard InChI is InChI=1S/C15H12Cl2N2O2S/c1-9(20)19-13-3-2-6-18-15(13)22-8-14(21)11-7-10(16)4-5-12(11)17/h2-7H,8H2,1H3,(H,19,20). The quantitative estimate of drug-likeness (QED) is 0.641. The maximum Gasteiger partial charge on any atom is 0.221 e. The van der Waals surface area contributed by atoms with Crippen LogP contribution in [0.2, 0.25) is 10.0 Å². The van der Waals surface area contributed by atoms with Crippen molar-refractivity contribution in [2.75, 3.05) is 11.1 Å². The zero-order valence-electron chi connectivity index (χ0n) is 11.6. The Morgan fingerprint density at radius 3 is 2.77 bits per heavy atom. The highest BCUT2D eigenvalue weighted by Gasteiger charge is 2.13. The Hall–Kier alpha value is -1.56. The van der Waals surface area contributed by atoms with E-state index in [0.717, 1.165) is 0 Å². The van der Waals surface area contributed by atoms with Crippen LogP contribution < -0.4 is 5.32 Å². The van der Waals surface area contributed by atoms with Gasteiger partial charge in [0.05, 0.1) is 16.5 Å². The van der Waals surface area contributed by atoms with E-state index in [1.165, 1.54) is 18.7 Å². The topological polar surface area (TPSA) is 59.1 Å². The first-order valence-corrected chi connectivity index (χ1v) is 8.05. The summed E-state index contributed by atoms with van der Waals surface area (Å²) in [4.78, 5) is 27.6. The Bertz CT molecular complexity index is 722. The van der Waals surface area contributed by atoms with Gasteiger partial charge in [-0.05, 0) is 30.3 Å². The Kier molecular flexibility index (Phi) is 5.83. The summed E-state index contributed by atoms with van der Waals surface area (Å²) in [6.45, 7) is 1.42. The molecule has 0 aliphatic heterocycles. The highest BCUT2D eigenvalue weighted by Crippen LogP contribution is 2.27. The highest BCUT2D eigenvalue weighted by atomic mass is 35.5. The van der Waals surface area contributed by atoms with Crippen molar-refractivity contribution in [2.45, 2.75) is 11.9 Å². The molecule has 2 rings (SSSR count). The molecule has 0 saturated carbocycles. The zero-order chi connectivity index (χ0) is 16.1. The first kappa shape index (κ1) is 16.8. The summed E-state index contributed by atoms with van der Waals surface area (Å²) in [6, 6.07) is 8.20. The Balaban J connectivity index is 2.11. The fourth-order valence-electron chi connectivity index (χ4n) is 1.71. The molecule has 114 valence electrons. The lowest BCUT2D eigenvalue weighted by atomic mass is 10.1. The first-order valence-electron chi connectivity index (χ1n) is 6.31. The van der Waals surface area contributed by atoms with Gasteiger partial charge in [-0.3, -0.25) is 9.59 Å². The Morgan fingerprint density at radius 1 is 1.27 bits per heavy atom. The van der Waals surface area contributed by atoms with Crippen LogP contribution in [0.3, 0.4) is 0 Å². The SMILES string of the molecule is CC(=O)Nc1cccnc1SCC(=O)c1cc(Cl)ccc1Cl. The van der Waals surface area contributed by atoms with Crippen LogP contribution in [-0.4, -0.2) is 22.4 Å². The van der Waals surface area contributed by atoms with E-state index < -0.39 is 0 Å². The van der Waals surface area contributed by atoms with Crippen molar-refractivity contribution in [3.8, 4) is 0 Å². The molecule has 0 unspecified atom stereocenters. The Morgan fingerprint density at radius 2 is 2.05 bits per heavy atom. The molecule has 1 aromatic carbocycles. The molecule has 0 spiro atoms. The number of amides is 1. The number of thioether (sulfide) groups is 1. The van der Waals surface area contributed by atoms with Crippen molar-refractivity contribution in [3.05, 3.63) is 52.1 Å². The number of nitrogens with one attached hydrogen (secondary N) is 1. The number of rotatable bonds is 5. The lowest BCUT2D eigenvalue weighted by Gasteiger charge is -2.08. The summed E-state index contributed by atoms with van der Waals surface area (Å²) in [7, 11) is 0. The second-order valence-electron chi connectivity index (χ2n) is 4.37. The highest BCUT2D eigenvalue weighted by molar-refractivity contribution is 8.00. The van der Waals surface area contributed by atoms with Gasteiger partial charge < -0.3 is 5.32 Å². The maximum absolute atomic E-state index is 12.2. The minimum Gasteiger partial charge on any atom is -0.324 e. The Labute approximate surface area is 142 Å². The van der Waals surface area contributed by atoms with E-state index in [1.54, 1.807) is 36.5 Å². The average Bonchev–Trinajstić information content (AvgIpc) is 2.48. The number of benzene rings is 1. The van der Waals surface area contributed by atoms with Crippen molar-refractivity contribution >= 4 is 52.3 Å².